The number of amides is 1. The topological polar surface area (TPSA) is 39.7 Å². The molecule has 2 aliphatic heterocycles. The molecule has 5 rings (SSSR count). The Labute approximate surface area is 181 Å². The molecule has 2 saturated heterocycles. The van der Waals surface area contributed by atoms with Crippen LogP contribution in [-0.2, 0) is 4.79 Å². The lowest BCUT2D eigenvalue weighted by molar-refractivity contribution is -0.138. The van der Waals surface area contributed by atoms with Gasteiger partial charge in [-0.1, -0.05) is 36.7 Å². The van der Waals surface area contributed by atoms with Gasteiger partial charge in [0.2, 0.25) is 5.91 Å². The van der Waals surface area contributed by atoms with Gasteiger partial charge in [0.25, 0.3) is 0 Å². The molecular weight excluding hydrogens is 399 g/mol. The van der Waals surface area contributed by atoms with Gasteiger partial charge >= 0.3 is 0 Å². The van der Waals surface area contributed by atoms with Crippen molar-refractivity contribution in [3.8, 4) is 0 Å². The Morgan fingerprint density at radius 3 is 2.40 bits per heavy atom. The monoisotopic (exact) mass is 430 g/mol. The van der Waals surface area contributed by atoms with Gasteiger partial charge in [-0.2, -0.15) is 0 Å². The van der Waals surface area contributed by atoms with Crippen molar-refractivity contribution in [2.75, 3.05) is 44.2 Å². The molecule has 1 amide bonds. The molecule has 3 aliphatic rings. The first-order valence-corrected chi connectivity index (χ1v) is 12.3. The van der Waals surface area contributed by atoms with E-state index in [4.69, 9.17) is 0 Å². The minimum absolute atomic E-state index is 0.119. The minimum atomic E-state index is -0.257. The van der Waals surface area contributed by atoms with E-state index in [9.17, 15) is 9.18 Å². The Morgan fingerprint density at radius 2 is 1.70 bits per heavy atom. The predicted octanol–water partition coefficient (Wildman–Crippen LogP) is 4.13. The van der Waals surface area contributed by atoms with Gasteiger partial charge in [0.05, 0.1) is 4.70 Å². The fourth-order valence-corrected chi connectivity index (χ4v) is 6.40. The van der Waals surface area contributed by atoms with Crippen LogP contribution in [0.4, 0.5) is 9.52 Å². The number of hydrogen-bond donors (Lipinski definition) is 0. The molecule has 3 heterocycles. The number of carbonyl (C=O) groups is 1. The summed E-state index contributed by atoms with van der Waals surface area (Å²) < 4.78 is 14.8. The Bertz CT molecular complexity index is 880. The molecule has 30 heavy (non-hydrogen) atoms. The number of hydrogen-bond acceptors (Lipinski definition) is 5. The number of aromatic nitrogens is 1. The largest absolute Gasteiger partial charge is 0.348 e. The van der Waals surface area contributed by atoms with Crippen LogP contribution in [0, 0.1) is 11.7 Å². The van der Waals surface area contributed by atoms with E-state index in [1.165, 1.54) is 38.2 Å². The lowest BCUT2D eigenvalue weighted by atomic mass is 9.93. The number of rotatable bonds is 3. The summed E-state index contributed by atoms with van der Waals surface area (Å²) in [4.78, 5) is 24.6. The van der Waals surface area contributed by atoms with Crippen molar-refractivity contribution in [2.45, 2.75) is 51.0 Å². The maximum atomic E-state index is 14.0. The average molecular weight is 431 g/mol. The smallest absolute Gasteiger partial charge is 0.225 e. The summed E-state index contributed by atoms with van der Waals surface area (Å²) in [5.74, 6) is 0.203. The first-order chi connectivity index (χ1) is 14.7. The third-order valence-electron chi connectivity index (χ3n) is 7.19. The van der Waals surface area contributed by atoms with E-state index in [0.29, 0.717) is 11.4 Å². The summed E-state index contributed by atoms with van der Waals surface area (Å²) in [5, 5.41) is 0.877. The van der Waals surface area contributed by atoms with Crippen LogP contribution in [0.25, 0.3) is 10.2 Å². The molecular formula is C23H31FN4OS. The van der Waals surface area contributed by atoms with Crippen LogP contribution in [-0.4, -0.2) is 66.0 Å². The summed E-state index contributed by atoms with van der Waals surface area (Å²) in [6, 6.07) is 5.87. The lowest BCUT2D eigenvalue weighted by Crippen LogP contribution is -2.54. The van der Waals surface area contributed by atoms with Crippen molar-refractivity contribution in [2.24, 2.45) is 5.92 Å². The van der Waals surface area contributed by atoms with Gasteiger partial charge in [-0.3, -0.25) is 9.69 Å². The van der Waals surface area contributed by atoms with Gasteiger partial charge in [-0.25, -0.2) is 9.37 Å². The molecule has 1 aromatic carbocycles. The van der Waals surface area contributed by atoms with Gasteiger partial charge in [0, 0.05) is 51.2 Å². The third kappa shape index (κ3) is 4.06. The van der Waals surface area contributed by atoms with Crippen LogP contribution in [0.3, 0.4) is 0 Å². The van der Waals surface area contributed by atoms with Crippen molar-refractivity contribution in [1.82, 2.24) is 14.8 Å². The number of piperidine rings is 1. The maximum absolute atomic E-state index is 14.0. The molecule has 1 saturated carbocycles. The highest BCUT2D eigenvalue weighted by Gasteiger charge is 2.32. The second-order valence-corrected chi connectivity index (χ2v) is 10.0. The zero-order chi connectivity index (χ0) is 20.5. The molecule has 7 heteroatoms. The van der Waals surface area contributed by atoms with Crippen molar-refractivity contribution >= 4 is 32.6 Å². The van der Waals surface area contributed by atoms with Crippen LogP contribution in [0.2, 0.25) is 0 Å². The summed E-state index contributed by atoms with van der Waals surface area (Å²) in [6.45, 7) is 5.47. The first kappa shape index (κ1) is 20.2. The van der Waals surface area contributed by atoms with Crippen LogP contribution in [0.5, 0.6) is 0 Å². The summed E-state index contributed by atoms with van der Waals surface area (Å²) in [6.07, 6.45) is 8.51. The highest BCUT2D eigenvalue weighted by molar-refractivity contribution is 7.22. The summed E-state index contributed by atoms with van der Waals surface area (Å²) in [5.41, 5.74) is 0.464. The molecule has 1 aromatic heterocycles. The first-order valence-electron chi connectivity index (χ1n) is 11.5. The number of nitrogens with zero attached hydrogens (tertiary/aromatic N) is 4. The zero-order valence-electron chi connectivity index (χ0n) is 17.6. The molecule has 0 N–H and O–H groups in total. The second-order valence-electron chi connectivity index (χ2n) is 9.00. The lowest BCUT2D eigenvalue weighted by Gasteiger charge is -2.42. The van der Waals surface area contributed by atoms with Crippen molar-refractivity contribution in [1.29, 1.82) is 0 Å². The minimum Gasteiger partial charge on any atom is -0.348 e. The van der Waals surface area contributed by atoms with E-state index in [1.807, 2.05) is 6.07 Å². The van der Waals surface area contributed by atoms with E-state index in [1.54, 1.807) is 17.4 Å². The molecule has 5 nitrogen and oxygen atoms in total. The van der Waals surface area contributed by atoms with E-state index in [0.717, 1.165) is 68.0 Å². The Balaban J connectivity index is 1.14. The van der Waals surface area contributed by atoms with Gasteiger partial charge in [-0.05, 0) is 37.8 Å². The summed E-state index contributed by atoms with van der Waals surface area (Å²) >= 11 is 1.54. The van der Waals surface area contributed by atoms with E-state index < -0.39 is 0 Å². The predicted molar refractivity (Wildman–Crippen MR) is 120 cm³/mol. The van der Waals surface area contributed by atoms with Gasteiger partial charge < -0.3 is 9.80 Å². The van der Waals surface area contributed by atoms with E-state index in [-0.39, 0.29) is 11.7 Å². The Morgan fingerprint density at radius 1 is 0.967 bits per heavy atom. The van der Waals surface area contributed by atoms with Gasteiger partial charge in [0.15, 0.2) is 5.13 Å². The highest BCUT2D eigenvalue weighted by atomic mass is 32.1. The molecule has 0 unspecified atom stereocenters. The number of halogens is 1. The molecule has 0 bridgehead atoms. The molecule has 0 spiro atoms. The van der Waals surface area contributed by atoms with Crippen LogP contribution in [0.1, 0.15) is 44.9 Å². The SMILES string of the molecule is O=C(C1CCN(c2nc3c(F)cccc3s2)CC1)N1CCN(C2CCCCC2)CC1. The fraction of sp³-hybridized carbons (Fsp3) is 0.652. The average Bonchev–Trinajstić information content (AvgIpc) is 3.25. The fourth-order valence-electron chi connectivity index (χ4n) is 5.37. The number of benzene rings is 1. The van der Waals surface area contributed by atoms with Crippen molar-refractivity contribution in [3.05, 3.63) is 24.0 Å². The van der Waals surface area contributed by atoms with Crippen LogP contribution >= 0.6 is 11.3 Å². The molecule has 162 valence electrons. The Kier molecular flexibility index (Phi) is 5.92. The third-order valence-corrected chi connectivity index (χ3v) is 8.27. The Hall–Kier alpha value is -1.73. The number of carbonyl (C=O) groups excluding carboxylic acids is 1. The molecule has 3 fully saturated rings. The number of anilines is 1. The van der Waals surface area contributed by atoms with E-state index in [2.05, 4.69) is 19.7 Å². The number of fused-ring (bicyclic) bond motifs is 1. The van der Waals surface area contributed by atoms with Crippen LogP contribution in [0.15, 0.2) is 18.2 Å². The molecule has 1 aliphatic carbocycles. The highest BCUT2D eigenvalue weighted by Crippen LogP contribution is 2.33. The number of para-hydroxylation sites is 1. The number of piperazine rings is 1. The zero-order valence-corrected chi connectivity index (χ0v) is 18.4. The van der Waals surface area contributed by atoms with Crippen LogP contribution < -0.4 is 4.90 Å². The maximum Gasteiger partial charge on any atom is 0.225 e. The molecule has 0 radical (unpaired) electrons. The van der Waals surface area contributed by atoms with Crippen molar-refractivity contribution in [3.63, 3.8) is 0 Å². The second kappa shape index (κ2) is 8.79. The van der Waals surface area contributed by atoms with Gasteiger partial charge in [-0.15, -0.1) is 0 Å². The van der Waals surface area contributed by atoms with E-state index >= 15 is 0 Å². The number of thiazole rings is 1. The van der Waals surface area contributed by atoms with Crippen molar-refractivity contribution < 1.29 is 9.18 Å². The van der Waals surface area contributed by atoms with Gasteiger partial charge in [0.1, 0.15) is 11.3 Å². The summed E-state index contributed by atoms with van der Waals surface area (Å²) in [7, 11) is 0. The quantitative estimate of drug-likeness (QED) is 0.734. The normalized spacial score (nSPS) is 22.7. The molecule has 0 atom stereocenters. The molecule has 2 aromatic rings. The standard InChI is InChI=1S/C23H31FN4OS/c24-19-7-4-8-20-21(19)25-23(30-20)28-11-9-17(10-12-28)22(29)27-15-13-26(14-16-27)18-5-2-1-3-6-18/h4,7-8,17-18H,1-3,5-6,9-16H2.